The van der Waals surface area contributed by atoms with Gasteiger partial charge in [-0.1, -0.05) is 11.6 Å². The zero-order chi connectivity index (χ0) is 16.2. The van der Waals surface area contributed by atoms with Crippen molar-refractivity contribution in [3.05, 3.63) is 46.6 Å². The van der Waals surface area contributed by atoms with E-state index < -0.39 is 0 Å². The molecule has 0 radical (unpaired) electrons. The fourth-order valence-corrected chi connectivity index (χ4v) is 2.69. The minimum atomic E-state index is -0.160. The van der Waals surface area contributed by atoms with Crippen LogP contribution in [0.3, 0.4) is 0 Å². The normalized spacial score (nSPS) is 18.5. The molecule has 2 aliphatic rings. The van der Waals surface area contributed by atoms with Crippen LogP contribution in [0, 0.1) is 0 Å². The Kier molecular flexibility index (Phi) is 5.00. The third-order valence-corrected chi connectivity index (χ3v) is 4.18. The van der Waals surface area contributed by atoms with Crippen LogP contribution >= 0.6 is 11.6 Å². The molecule has 0 saturated carbocycles. The molecule has 1 saturated heterocycles. The number of benzene rings is 1. The number of rotatable bonds is 5. The van der Waals surface area contributed by atoms with Gasteiger partial charge in [0.05, 0.1) is 25.5 Å². The molecule has 0 amide bonds. The number of hydrogen-bond acceptors (Lipinski definition) is 5. The predicted octanol–water partition coefficient (Wildman–Crippen LogP) is 2.15. The number of Topliss-reactive ketones (excluding diaryl/α,β-unsaturated/α-hetero) is 2. The Morgan fingerprint density at radius 3 is 2.57 bits per heavy atom. The molecule has 23 heavy (non-hydrogen) atoms. The van der Waals surface area contributed by atoms with E-state index in [1.54, 1.807) is 24.3 Å². The molecule has 0 aliphatic carbocycles. The van der Waals surface area contributed by atoms with Gasteiger partial charge in [0.25, 0.3) is 0 Å². The molecule has 0 spiro atoms. The van der Waals surface area contributed by atoms with Crippen LogP contribution in [0.2, 0.25) is 5.02 Å². The molecule has 0 bridgehead atoms. The van der Waals surface area contributed by atoms with Gasteiger partial charge in [0, 0.05) is 41.9 Å². The number of carbonyl (C=O) groups is 2. The lowest BCUT2D eigenvalue weighted by atomic mass is 10.0. The van der Waals surface area contributed by atoms with Crippen molar-refractivity contribution in [3.8, 4) is 0 Å². The van der Waals surface area contributed by atoms with E-state index in [9.17, 15) is 9.59 Å². The molecule has 0 N–H and O–H groups in total. The average molecular weight is 333 g/mol. The second-order valence-corrected chi connectivity index (χ2v) is 5.99. The first-order chi connectivity index (χ1) is 11.1. The Balaban J connectivity index is 1.57. The van der Waals surface area contributed by atoms with Gasteiger partial charge in [-0.15, -0.1) is 0 Å². The van der Waals surface area contributed by atoms with Crippen molar-refractivity contribution in [1.29, 1.82) is 0 Å². The lowest BCUT2D eigenvalue weighted by molar-refractivity contribution is -0.117. The summed E-state index contributed by atoms with van der Waals surface area (Å²) in [4.78, 5) is 30.9. The van der Waals surface area contributed by atoms with Gasteiger partial charge < -0.3 is 4.74 Å². The standard InChI is InChI=1S/C17H17ClN2O3/c18-14-3-1-12(2-4-14)17(22)15-9-13(10-19-15)16(21)11-20-5-7-23-8-6-20/h1-4,10H,5-9,11H2. The van der Waals surface area contributed by atoms with Crippen molar-refractivity contribution in [1.82, 2.24) is 4.90 Å². The van der Waals surface area contributed by atoms with E-state index in [1.165, 1.54) is 6.20 Å². The number of aliphatic imine (C=N–C) groups is 1. The zero-order valence-corrected chi connectivity index (χ0v) is 13.4. The van der Waals surface area contributed by atoms with E-state index in [1.807, 2.05) is 0 Å². The maximum Gasteiger partial charge on any atom is 0.207 e. The van der Waals surface area contributed by atoms with Gasteiger partial charge in [0.1, 0.15) is 0 Å². The van der Waals surface area contributed by atoms with Crippen molar-refractivity contribution >= 4 is 28.9 Å². The summed E-state index contributed by atoms with van der Waals surface area (Å²) in [5.74, 6) is -0.137. The van der Waals surface area contributed by atoms with Crippen molar-refractivity contribution in [2.45, 2.75) is 6.42 Å². The molecule has 0 unspecified atom stereocenters. The quantitative estimate of drug-likeness (QED) is 0.775. The van der Waals surface area contributed by atoms with Gasteiger partial charge in [-0.05, 0) is 24.3 Å². The summed E-state index contributed by atoms with van der Waals surface area (Å²) < 4.78 is 5.27. The topological polar surface area (TPSA) is 59.0 Å². The molecule has 1 aromatic rings. The fourth-order valence-electron chi connectivity index (χ4n) is 2.57. The third-order valence-electron chi connectivity index (χ3n) is 3.93. The molecule has 0 atom stereocenters. The van der Waals surface area contributed by atoms with Gasteiger partial charge in [-0.3, -0.25) is 19.5 Å². The first-order valence-corrected chi connectivity index (χ1v) is 7.90. The highest BCUT2D eigenvalue weighted by Crippen LogP contribution is 2.18. The Hall–Kier alpha value is -1.82. The summed E-state index contributed by atoms with van der Waals surface area (Å²) >= 11 is 5.82. The summed E-state index contributed by atoms with van der Waals surface area (Å²) in [6, 6.07) is 6.67. The Morgan fingerprint density at radius 2 is 1.87 bits per heavy atom. The fraction of sp³-hybridized carbons (Fsp3) is 0.353. The molecule has 1 aromatic carbocycles. The maximum absolute atomic E-state index is 12.4. The van der Waals surface area contributed by atoms with E-state index >= 15 is 0 Å². The number of halogens is 1. The van der Waals surface area contributed by atoms with E-state index in [-0.39, 0.29) is 11.6 Å². The summed E-state index contributed by atoms with van der Waals surface area (Å²) in [6.07, 6.45) is 1.82. The Bertz CT molecular complexity index is 674. The van der Waals surface area contributed by atoms with E-state index in [2.05, 4.69) is 9.89 Å². The number of nitrogens with zero attached hydrogens (tertiary/aromatic N) is 2. The third kappa shape index (κ3) is 3.93. The number of carbonyl (C=O) groups excluding carboxylic acids is 2. The molecule has 2 heterocycles. The van der Waals surface area contributed by atoms with Crippen LogP contribution in [0.4, 0.5) is 0 Å². The molecular weight excluding hydrogens is 316 g/mol. The van der Waals surface area contributed by atoms with E-state index in [0.29, 0.717) is 48.1 Å². The van der Waals surface area contributed by atoms with Gasteiger partial charge in [0.15, 0.2) is 5.78 Å². The van der Waals surface area contributed by atoms with Gasteiger partial charge in [-0.2, -0.15) is 0 Å². The SMILES string of the molecule is O=C(CN1CCOCC1)C1=CN=C(C(=O)c2ccc(Cl)cc2)C1. The van der Waals surface area contributed by atoms with Gasteiger partial charge in [0.2, 0.25) is 5.78 Å². The summed E-state index contributed by atoms with van der Waals surface area (Å²) in [7, 11) is 0. The highest BCUT2D eigenvalue weighted by molar-refractivity contribution is 6.47. The van der Waals surface area contributed by atoms with Crippen LogP contribution in [-0.2, 0) is 9.53 Å². The van der Waals surface area contributed by atoms with Gasteiger partial charge in [-0.25, -0.2) is 0 Å². The van der Waals surface area contributed by atoms with Gasteiger partial charge >= 0.3 is 0 Å². The maximum atomic E-state index is 12.4. The minimum absolute atomic E-state index is 0.0227. The second kappa shape index (κ2) is 7.17. The van der Waals surface area contributed by atoms with Crippen molar-refractivity contribution in [3.63, 3.8) is 0 Å². The molecule has 0 aromatic heterocycles. The highest BCUT2D eigenvalue weighted by atomic mass is 35.5. The Labute approximate surface area is 139 Å². The summed E-state index contributed by atoms with van der Waals surface area (Å²) in [5.41, 5.74) is 1.52. The molecule has 5 nitrogen and oxygen atoms in total. The monoisotopic (exact) mass is 332 g/mol. The largest absolute Gasteiger partial charge is 0.379 e. The van der Waals surface area contributed by atoms with Crippen LogP contribution in [0.15, 0.2) is 41.0 Å². The van der Waals surface area contributed by atoms with Crippen LogP contribution in [0.5, 0.6) is 0 Å². The molecule has 2 aliphatic heterocycles. The lowest BCUT2D eigenvalue weighted by Crippen LogP contribution is -2.39. The number of hydrogen-bond donors (Lipinski definition) is 0. The van der Waals surface area contributed by atoms with Crippen LogP contribution < -0.4 is 0 Å². The second-order valence-electron chi connectivity index (χ2n) is 5.55. The van der Waals surface area contributed by atoms with Crippen LogP contribution in [-0.4, -0.2) is 55.0 Å². The lowest BCUT2D eigenvalue weighted by Gasteiger charge is -2.25. The van der Waals surface area contributed by atoms with E-state index in [0.717, 1.165) is 13.1 Å². The summed E-state index contributed by atoms with van der Waals surface area (Å²) in [6.45, 7) is 3.19. The molecule has 120 valence electrons. The minimum Gasteiger partial charge on any atom is -0.379 e. The smallest absolute Gasteiger partial charge is 0.207 e. The Morgan fingerprint density at radius 1 is 1.17 bits per heavy atom. The number of ether oxygens (including phenoxy) is 1. The molecule has 6 heteroatoms. The van der Waals surface area contributed by atoms with Crippen LogP contribution in [0.1, 0.15) is 16.8 Å². The zero-order valence-electron chi connectivity index (χ0n) is 12.6. The van der Waals surface area contributed by atoms with E-state index in [4.69, 9.17) is 16.3 Å². The first kappa shape index (κ1) is 16.1. The van der Waals surface area contributed by atoms with Crippen molar-refractivity contribution in [2.24, 2.45) is 4.99 Å². The predicted molar refractivity (Wildman–Crippen MR) is 88.2 cm³/mol. The van der Waals surface area contributed by atoms with Crippen molar-refractivity contribution in [2.75, 3.05) is 32.8 Å². The highest BCUT2D eigenvalue weighted by Gasteiger charge is 2.24. The number of ketones is 2. The molecule has 1 fully saturated rings. The average Bonchev–Trinajstić information content (AvgIpc) is 3.06. The van der Waals surface area contributed by atoms with Crippen LogP contribution in [0.25, 0.3) is 0 Å². The first-order valence-electron chi connectivity index (χ1n) is 7.53. The summed E-state index contributed by atoms with van der Waals surface area (Å²) in [5, 5.41) is 0.578. The molecular formula is C17H17ClN2O3. The molecule has 3 rings (SSSR count). The number of morpholine rings is 1. The van der Waals surface area contributed by atoms with Crippen molar-refractivity contribution < 1.29 is 14.3 Å².